The lowest BCUT2D eigenvalue weighted by molar-refractivity contribution is -0.131. The fourth-order valence-electron chi connectivity index (χ4n) is 1.89. The van der Waals surface area contributed by atoms with Crippen LogP contribution in [-0.4, -0.2) is 48.3 Å². The Bertz CT molecular complexity index is 547. The van der Waals surface area contributed by atoms with Crippen molar-refractivity contribution in [2.75, 3.05) is 32.4 Å². The van der Waals surface area contributed by atoms with Crippen LogP contribution in [0.2, 0.25) is 0 Å². The summed E-state index contributed by atoms with van der Waals surface area (Å²) in [6.07, 6.45) is 0. The average molecular weight is 360 g/mol. The van der Waals surface area contributed by atoms with E-state index < -0.39 is 11.7 Å². The van der Waals surface area contributed by atoms with Crippen molar-refractivity contribution >= 4 is 33.4 Å². The first-order chi connectivity index (χ1) is 9.81. The van der Waals surface area contributed by atoms with Crippen molar-refractivity contribution in [1.82, 2.24) is 9.80 Å². The summed E-state index contributed by atoms with van der Waals surface area (Å²) in [5, 5.41) is 0. The lowest BCUT2D eigenvalue weighted by Gasteiger charge is -2.23. The Balaban J connectivity index is 2.89. The Kier molecular flexibility index (Phi) is 6.14. The molecule has 1 aromatic rings. The van der Waals surface area contributed by atoms with Crippen LogP contribution < -0.4 is 5.73 Å². The minimum Gasteiger partial charge on any atom is -0.396 e. The van der Waals surface area contributed by atoms with Crippen LogP contribution in [0, 0.1) is 5.82 Å². The highest BCUT2D eigenvalue weighted by Gasteiger charge is 2.20. The van der Waals surface area contributed by atoms with Crippen LogP contribution in [0.4, 0.5) is 10.1 Å². The molecule has 0 bridgehead atoms. The zero-order valence-corrected chi connectivity index (χ0v) is 13.9. The van der Waals surface area contributed by atoms with Crippen LogP contribution in [0.25, 0.3) is 0 Å². The molecule has 2 amide bonds. The van der Waals surface area contributed by atoms with Crippen molar-refractivity contribution in [3.63, 3.8) is 0 Å². The molecule has 0 radical (unpaired) electrons. The Morgan fingerprint density at radius 2 is 1.86 bits per heavy atom. The minimum atomic E-state index is -0.597. The Morgan fingerprint density at radius 3 is 2.38 bits per heavy atom. The van der Waals surface area contributed by atoms with Crippen LogP contribution >= 0.6 is 15.9 Å². The zero-order valence-electron chi connectivity index (χ0n) is 12.3. The van der Waals surface area contributed by atoms with Gasteiger partial charge in [-0.3, -0.25) is 9.59 Å². The van der Waals surface area contributed by atoms with Gasteiger partial charge in [-0.15, -0.1) is 0 Å². The Morgan fingerprint density at radius 1 is 1.29 bits per heavy atom. The first-order valence-electron chi connectivity index (χ1n) is 6.59. The highest BCUT2D eigenvalue weighted by molar-refractivity contribution is 9.10. The number of nitrogen functional groups attached to an aromatic ring is 1. The van der Waals surface area contributed by atoms with E-state index in [0.717, 1.165) is 6.07 Å². The summed E-state index contributed by atoms with van der Waals surface area (Å²) in [6.45, 7) is 4.89. The molecule has 0 aromatic heterocycles. The summed E-state index contributed by atoms with van der Waals surface area (Å²) >= 11 is 3.13. The lowest BCUT2D eigenvalue weighted by Crippen LogP contribution is -2.41. The first-order valence-corrected chi connectivity index (χ1v) is 7.38. The third kappa shape index (κ3) is 4.17. The van der Waals surface area contributed by atoms with E-state index in [4.69, 9.17) is 5.73 Å². The lowest BCUT2D eigenvalue weighted by atomic mass is 10.1. The van der Waals surface area contributed by atoms with Crippen molar-refractivity contribution in [1.29, 1.82) is 0 Å². The molecule has 0 saturated carbocycles. The van der Waals surface area contributed by atoms with Gasteiger partial charge in [0.05, 0.1) is 17.8 Å². The second-order valence-corrected chi connectivity index (χ2v) is 5.44. The number of carbonyl (C=O) groups is 2. The predicted octanol–water partition coefficient (Wildman–Crippen LogP) is 2.11. The molecule has 0 saturated heterocycles. The SMILES string of the molecule is CCN(CC)C(=O)CN(C)C(=O)c1cc(N)c(F)cc1Br. The van der Waals surface area contributed by atoms with Gasteiger partial charge in [-0.2, -0.15) is 0 Å². The molecule has 7 heteroatoms. The van der Waals surface area contributed by atoms with Gasteiger partial charge in [0, 0.05) is 24.6 Å². The van der Waals surface area contributed by atoms with Gasteiger partial charge in [0.25, 0.3) is 5.91 Å². The molecule has 0 spiro atoms. The summed E-state index contributed by atoms with van der Waals surface area (Å²) < 4.78 is 13.6. The van der Waals surface area contributed by atoms with E-state index in [1.807, 2.05) is 13.8 Å². The standard InChI is InChI=1S/C14H19BrFN3O2/c1-4-19(5-2)13(20)8-18(3)14(21)9-6-12(17)11(16)7-10(9)15/h6-7H,4-5,8,17H2,1-3H3. The molecule has 0 heterocycles. The van der Waals surface area contributed by atoms with Gasteiger partial charge >= 0.3 is 0 Å². The second-order valence-electron chi connectivity index (χ2n) is 4.58. The maximum atomic E-state index is 13.3. The monoisotopic (exact) mass is 359 g/mol. The van der Waals surface area contributed by atoms with E-state index in [1.165, 1.54) is 18.0 Å². The van der Waals surface area contributed by atoms with Crippen molar-refractivity contribution in [3.8, 4) is 0 Å². The van der Waals surface area contributed by atoms with Crippen molar-refractivity contribution < 1.29 is 14.0 Å². The number of hydrogen-bond donors (Lipinski definition) is 1. The molecule has 0 aliphatic rings. The molecular weight excluding hydrogens is 341 g/mol. The van der Waals surface area contributed by atoms with E-state index in [0.29, 0.717) is 17.6 Å². The maximum Gasteiger partial charge on any atom is 0.255 e. The highest BCUT2D eigenvalue weighted by atomic mass is 79.9. The van der Waals surface area contributed by atoms with Crippen LogP contribution in [-0.2, 0) is 4.79 Å². The number of nitrogens with zero attached hydrogens (tertiary/aromatic N) is 2. The zero-order chi connectivity index (χ0) is 16.2. The van der Waals surface area contributed by atoms with E-state index in [-0.39, 0.29) is 23.7 Å². The maximum absolute atomic E-state index is 13.3. The summed E-state index contributed by atoms with van der Waals surface area (Å²) in [7, 11) is 1.52. The van der Waals surface area contributed by atoms with E-state index >= 15 is 0 Å². The number of rotatable bonds is 5. The molecule has 0 aliphatic carbocycles. The van der Waals surface area contributed by atoms with Gasteiger partial charge in [0.1, 0.15) is 5.82 Å². The molecule has 1 rings (SSSR count). The number of likely N-dealkylation sites (N-methyl/N-ethyl adjacent to an activating group) is 2. The van der Waals surface area contributed by atoms with Crippen molar-refractivity contribution in [2.24, 2.45) is 0 Å². The third-order valence-corrected chi connectivity index (χ3v) is 3.81. The third-order valence-electron chi connectivity index (χ3n) is 3.15. The molecule has 0 unspecified atom stereocenters. The molecule has 0 fully saturated rings. The highest BCUT2D eigenvalue weighted by Crippen LogP contribution is 2.23. The van der Waals surface area contributed by atoms with Gasteiger partial charge in [-0.25, -0.2) is 4.39 Å². The average Bonchev–Trinajstić information content (AvgIpc) is 2.43. The Hall–Kier alpha value is -1.63. The molecule has 5 nitrogen and oxygen atoms in total. The molecule has 21 heavy (non-hydrogen) atoms. The number of carbonyl (C=O) groups excluding carboxylic acids is 2. The fourth-order valence-corrected chi connectivity index (χ4v) is 2.37. The number of hydrogen-bond acceptors (Lipinski definition) is 3. The van der Waals surface area contributed by atoms with Crippen LogP contribution in [0.15, 0.2) is 16.6 Å². The van der Waals surface area contributed by atoms with Crippen LogP contribution in [0.1, 0.15) is 24.2 Å². The van der Waals surface area contributed by atoms with Gasteiger partial charge in [-0.05, 0) is 41.9 Å². The van der Waals surface area contributed by atoms with Gasteiger partial charge < -0.3 is 15.5 Å². The largest absolute Gasteiger partial charge is 0.396 e. The number of halogens is 2. The van der Waals surface area contributed by atoms with E-state index in [2.05, 4.69) is 15.9 Å². The topological polar surface area (TPSA) is 66.6 Å². The van der Waals surface area contributed by atoms with Crippen molar-refractivity contribution in [3.05, 3.63) is 28.0 Å². The van der Waals surface area contributed by atoms with Crippen molar-refractivity contribution in [2.45, 2.75) is 13.8 Å². The van der Waals surface area contributed by atoms with E-state index in [1.54, 1.807) is 4.90 Å². The molecule has 0 aliphatic heterocycles. The summed E-state index contributed by atoms with van der Waals surface area (Å²) in [5.41, 5.74) is 5.60. The molecular formula is C14H19BrFN3O2. The quantitative estimate of drug-likeness (QED) is 0.818. The first kappa shape index (κ1) is 17.4. The summed E-state index contributed by atoms with van der Waals surface area (Å²) in [5.74, 6) is -1.13. The number of anilines is 1. The summed E-state index contributed by atoms with van der Waals surface area (Å²) in [4.78, 5) is 27.2. The normalized spacial score (nSPS) is 10.3. The number of benzene rings is 1. The second kappa shape index (κ2) is 7.40. The predicted molar refractivity (Wildman–Crippen MR) is 83.4 cm³/mol. The molecule has 1 aromatic carbocycles. The minimum absolute atomic E-state index is 0.0375. The molecule has 116 valence electrons. The van der Waals surface area contributed by atoms with Crippen LogP contribution in [0.3, 0.4) is 0 Å². The Labute approximate surface area is 132 Å². The number of amides is 2. The van der Waals surface area contributed by atoms with Gasteiger partial charge in [-0.1, -0.05) is 0 Å². The number of nitrogens with two attached hydrogens (primary N) is 1. The van der Waals surface area contributed by atoms with Gasteiger partial charge in [0.2, 0.25) is 5.91 Å². The molecule has 0 atom stereocenters. The smallest absolute Gasteiger partial charge is 0.255 e. The van der Waals surface area contributed by atoms with Gasteiger partial charge in [0.15, 0.2) is 0 Å². The van der Waals surface area contributed by atoms with E-state index in [9.17, 15) is 14.0 Å². The summed E-state index contributed by atoms with van der Waals surface area (Å²) in [6, 6.07) is 2.41. The molecule has 2 N–H and O–H groups in total. The van der Waals surface area contributed by atoms with Crippen LogP contribution in [0.5, 0.6) is 0 Å². The fraction of sp³-hybridized carbons (Fsp3) is 0.429.